The highest BCUT2D eigenvalue weighted by molar-refractivity contribution is 5.80. The van der Waals surface area contributed by atoms with Crippen molar-refractivity contribution in [3.8, 4) is 0 Å². The van der Waals surface area contributed by atoms with Gasteiger partial charge in [0, 0.05) is 32.1 Å². The molecule has 0 aliphatic carbocycles. The molecule has 1 aliphatic heterocycles. The second-order valence-electron chi connectivity index (χ2n) is 6.94. The molecule has 5 heteroatoms. The molecule has 1 aromatic rings. The van der Waals surface area contributed by atoms with Crippen LogP contribution >= 0.6 is 0 Å². The number of hydrogen-bond acceptors (Lipinski definition) is 3. The van der Waals surface area contributed by atoms with Gasteiger partial charge in [-0.05, 0) is 18.4 Å². The van der Waals surface area contributed by atoms with Gasteiger partial charge in [-0.1, -0.05) is 44.2 Å². The van der Waals surface area contributed by atoms with Crippen LogP contribution in [0, 0.1) is 5.92 Å². The summed E-state index contributed by atoms with van der Waals surface area (Å²) < 4.78 is 4.85. The molecule has 1 N–H and O–H groups in total. The highest BCUT2D eigenvalue weighted by Gasteiger charge is 2.28. The molecule has 1 heterocycles. The number of hydrogen-bond donors (Lipinski definition) is 1. The first-order valence-corrected chi connectivity index (χ1v) is 8.57. The second-order valence-corrected chi connectivity index (χ2v) is 6.94. The maximum atomic E-state index is 11.6. The van der Waals surface area contributed by atoms with E-state index < -0.39 is 0 Å². The summed E-state index contributed by atoms with van der Waals surface area (Å²) in [6.45, 7) is 6.91. The molecular formula is C19H29N3O2. The fourth-order valence-corrected chi connectivity index (χ4v) is 3.12. The van der Waals surface area contributed by atoms with Crippen molar-refractivity contribution in [2.75, 3.05) is 33.8 Å². The van der Waals surface area contributed by atoms with Gasteiger partial charge in [-0.3, -0.25) is 9.79 Å². The summed E-state index contributed by atoms with van der Waals surface area (Å²) in [5.74, 6) is 0.829. The summed E-state index contributed by atoms with van der Waals surface area (Å²) in [5, 5.41) is 3.50. The average Bonchev–Trinajstić information content (AvgIpc) is 2.62. The minimum Gasteiger partial charge on any atom is -0.469 e. The van der Waals surface area contributed by atoms with Crippen LogP contribution in [0.15, 0.2) is 35.3 Å². The van der Waals surface area contributed by atoms with E-state index in [4.69, 9.17) is 4.74 Å². The minimum atomic E-state index is -0.0946. The summed E-state index contributed by atoms with van der Waals surface area (Å²) in [5.41, 5.74) is 1.32. The van der Waals surface area contributed by atoms with Crippen LogP contribution in [0.3, 0.4) is 0 Å². The maximum Gasteiger partial charge on any atom is 0.308 e. The number of methoxy groups -OCH3 is 1. The van der Waals surface area contributed by atoms with Gasteiger partial charge in [-0.25, -0.2) is 0 Å². The maximum absolute atomic E-state index is 11.6. The predicted octanol–water partition coefficient (Wildman–Crippen LogP) is 2.42. The molecule has 0 saturated carbocycles. The van der Waals surface area contributed by atoms with Crippen LogP contribution in [0.2, 0.25) is 0 Å². The number of nitrogens with zero attached hydrogens (tertiary/aromatic N) is 2. The molecule has 132 valence electrons. The lowest BCUT2D eigenvalue weighted by atomic mass is 9.85. The molecule has 1 aromatic carbocycles. The van der Waals surface area contributed by atoms with Crippen LogP contribution in [-0.2, 0) is 14.9 Å². The number of likely N-dealkylation sites (tertiary alicyclic amines) is 1. The molecule has 0 bridgehead atoms. The lowest BCUT2D eigenvalue weighted by Crippen LogP contribution is -2.49. The van der Waals surface area contributed by atoms with Gasteiger partial charge in [0.1, 0.15) is 0 Å². The SMILES string of the molecule is CN=C(NCC(C)(C)c1ccccc1)N1CCC(C(=O)OC)CC1. The molecule has 0 unspecified atom stereocenters. The van der Waals surface area contributed by atoms with Gasteiger partial charge >= 0.3 is 5.97 Å². The van der Waals surface area contributed by atoms with Crippen molar-refractivity contribution < 1.29 is 9.53 Å². The molecule has 1 fully saturated rings. The Bertz CT molecular complexity index is 561. The van der Waals surface area contributed by atoms with Gasteiger partial charge in [0.15, 0.2) is 5.96 Å². The zero-order valence-corrected chi connectivity index (χ0v) is 15.2. The van der Waals surface area contributed by atoms with Gasteiger partial charge in [0.2, 0.25) is 0 Å². The molecule has 0 radical (unpaired) electrons. The number of carbonyl (C=O) groups excluding carboxylic acids is 1. The second kappa shape index (κ2) is 8.18. The number of piperidine rings is 1. The first-order chi connectivity index (χ1) is 11.5. The topological polar surface area (TPSA) is 53.9 Å². The van der Waals surface area contributed by atoms with E-state index in [-0.39, 0.29) is 17.3 Å². The monoisotopic (exact) mass is 331 g/mol. The first-order valence-electron chi connectivity index (χ1n) is 8.57. The number of aliphatic imine (C=N–C) groups is 1. The molecular weight excluding hydrogens is 302 g/mol. The highest BCUT2D eigenvalue weighted by atomic mass is 16.5. The summed E-state index contributed by atoms with van der Waals surface area (Å²) >= 11 is 0. The van der Waals surface area contributed by atoms with E-state index in [0.717, 1.165) is 38.4 Å². The normalized spacial score (nSPS) is 16.8. The smallest absolute Gasteiger partial charge is 0.308 e. The minimum absolute atomic E-state index is 0.0154. The fourth-order valence-electron chi connectivity index (χ4n) is 3.12. The number of benzene rings is 1. The van der Waals surface area contributed by atoms with Crippen molar-refractivity contribution in [3.05, 3.63) is 35.9 Å². The Labute approximate surface area is 145 Å². The molecule has 0 aromatic heterocycles. The van der Waals surface area contributed by atoms with Crippen molar-refractivity contribution in [1.29, 1.82) is 0 Å². The van der Waals surface area contributed by atoms with E-state index in [1.807, 2.05) is 13.1 Å². The van der Waals surface area contributed by atoms with E-state index in [9.17, 15) is 4.79 Å². The Morgan fingerprint density at radius 3 is 2.46 bits per heavy atom. The third-order valence-electron chi connectivity index (χ3n) is 4.78. The Kier molecular flexibility index (Phi) is 6.23. The van der Waals surface area contributed by atoms with E-state index in [1.165, 1.54) is 12.7 Å². The highest BCUT2D eigenvalue weighted by Crippen LogP contribution is 2.22. The zero-order valence-electron chi connectivity index (χ0n) is 15.2. The number of guanidine groups is 1. The van der Waals surface area contributed by atoms with Crippen molar-refractivity contribution in [1.82, 2.24) is 10.2 Å². The number of carbonyl (C=O) groups is 1. The standard InChI is InChI=1S/C19H29N3O2/c1-19(2,16-8-6-5-7-9-16)14-21-18(20-3)22-12-10-15(11-13-22)17(23)24-4/h5-9,15H,10-14H2,1-4H3,(H,20,21). The van der Waals surface area contributed by atoms with Gasteiger partial charge in [0.25, 0.3) is 0 Å². The Morgan fingerprint density at radius 1 is 1.29 bits per heavy atom. The number of nitrogens with one attached hydrogen (secondary N) is 1. The van der Waals surface area contributed by atoms with E-state index >= 15 is 0 Å². The molecule has 0 spiro atoms. The van der Waals surface area contributed by atoms with Crippen molar-refractivity contribution in [2.24, 2.45) is 10.9 Å². The van der Waals surface area contributed by atoms with Crippen LogP contribution in [0.4, 0.5) is 0 Å². The van der Waals surface area contributed by atoms with Crippen LogP contribution in [0.5, 0.6) is 0 Å². The van der Waals surface area contributed by atoms with Crippen LogP contribution in [-0.4, -0.2) is 50.6 Å². The van der Waals surface area contributed by atoms with Crippen LogP contribution in [0.1, 0.15) is 32.3 Å². The number of esters is 1. The van der Waals surface area contributed by atoms with Gasteiger partial charge < -0.3 is 15.0 Å². The quantitative estimate of drug-likeness (QED) is 0.523. The fraction of sp³-hybridized carbons (Fsp3) is 0.579. The molecule has 0 atom stereocenters. The summed E-state index contributed by atoms with van der Waals surface area (Å²) in [6.07, 6.45) is 1.63. The number of rotatable bonds is 4. The van der Waals surface area contributed by atoms with Crippen molar-refractivity contribution in [3.63, 3.8) is 0 Å². The first kappa shape index (κ1) is 18.3. The van der Waals surface area contributed by atoms with Crippen molar-refractivity contribution >= 4 is 11.9 Å². The third-order valence-corrected chi connectivity index (χ3v) is 4.78. The van der Waals surface area contributed by atoms with Gasteiger partial charge in [-0.2, -0.15) is 0 Å². The molecule has 1 saturated heterocycles. The number of ether oxygens (including phenoxy) is 1. The van der Waals surface area contributed by atoms with Gasteiger partial charge in [-0.15, -0.1) is 0 Å². The van der Waals surface area contributed by atoms with E-state index in [0.29, 0.717) is 0 Å². The van der Waals surface area contributed by atoms with Crippen LogP contribution in [0.25, 0.3) is 0 Å². The van der Waals surface area contributed by atoms with Gasteiger partial charge in [0.05, 0.1) is 13.0 Å². The molecule has 24 heavy (non-hydrogen) atoms. The Hall–Kier alpha value is -2.04. The Balaban J connectivity index is 1.91. The Morgan fingerprint density at radius 2 is 1.92 bits per heavy atom. The zero-order chi connectivity index (χ0) is 17.6. The largest absolute Gasteiger partial charge is 0.469 e. The lowest BCUT2D eigenvalue weighted by molar-refractivity contribution is -0.146. The molecule has 0 amide bonds. The predicted molar refractivity (Wildman–Crippen MR) is 97.1 cm³/mol. The van der Waals surface area contributed by atoms with Crippen molar-refractivity contribution in [2.45, 2.75) is 32.1 Å². The summed E-state index contributed by atoms with van der Waals surface area (Å²) in [4.78, 5) is 18.3. The molecule has 2 rings (SSSR count). The average molecular weight is 331 g/mol. The lowest BCUT2D eigenvalue weighted by Gasteiger charge is -2.35. The van der Waals surface area contributed by atoms with Crippen LogP contribution < -0.4 is 5.32 Å². The molecule has 5 nitrogen and oxygen atoms in total. The summed E-state index contributed by atoms with van der Waals surface area (Å²) in [6, 6.07) is 10.5. The molecule has 1 aliphatic rings. The third kappa shape index (κ3) is 4.49. The summed E-state index contributed by atoms with van der Waals surface area (Å²) in [7, 11) is 3.27. The van der Waals surface area contributed by atoms with E-state index in [2.05, 4.69) is 53.3 Å². The van der Waals surface area contributed by atoms with E-state index in [1.54, 1.807) is 0 Å².